The molecule has 0 heterocycles. The fraction of sp³-hybridized carbons (Fsp3) is 0.706. The molecule has 5 aliphatic carbocycles. The molecule has 0 aromatic heterocycles. The first-order chi connectivity index (χ1) is 26.7. The van der Waals surface area contributed by atoms with E-state index in [1.165, 1.54) is 31.3 Å². The van der Waals surface area contributed by atoms with Crippen molar-refractivity contribution in [2.24, 2.45) is 57.2 Å². The average Bonchev–Trinajstić information content (AvgIpc) is 3.45. The fourth-order valence-corrected chi connectivity index (χ4v) is 13.6. The number of aromatic hydroxyl groups is 1. The lowest BCUT2D eigenvalue weighted by Crippen LogP contribution is -2.61. The highest BCUT2D eigenvalue weighted by Crippen LogP contribution is 2.72. The number of terminal acetylenes is 1. The molecule has 57 heavy (non-hydrogen) atoms. The van der Waals surface area contributed by atoms with E-state index in [0.717, 1.165) is 68.0 Å². The van der Waals surface area contributed by atoms with Crippen molar-refractivity contribution in [3.63, 3.8) is 0 Å². The third kappa shape index (κ3) is 8.41. The number of phenolic OH excluding ortho intramolecular Hbond substituents is 1. The van der Waals surface area contributed by atoms with E-state index in [0.29, 0.717) is 54.8 Å². The summed E-state index contributed by atoms with van der Waals surface area (Å²) in [5, 5.41) is 10.0. The molecule has 0 saturated heterocycles. The quantitative estimate of drug-likeness (QED) is 0.141. The van der Waals surface area contributed by atoms with Crippen LogP contribution in [-0.4, -0.2) is 66.6 Å². The summed E-state index contributed by atoms with van der Waals surface area (Å²) < 4.78 is 13.6. The molecule has 4 saturated carbocycles. The first-order valence-corrected chi connectivity index (χ1v) is 22.3. The molecular formula is C51H76N2O4. The molecule has 314 valence electrons. The van der Waals surface area contributed by atoms with Gasteiger partial charge in [-0.1, -0.05) is 59.9 Å². The standard InChI is InChI=1S/C51H76N2O4/c1-14-48(8,9)29-35(6)57-43-23-25-49(10)40(36(43)7)21-24-50(11)41-22-26-51(30-42(55)46(33(2)3)47(51)39(41)19-20-44(49)50)45(56-34(4)5)32-53(28-27-52(12)13)31-37-15-17-38(54)18-16-37/h1,15-18,33,36,39-41,43-45,54H,4,6,19-32H2,2-3,5,7-13H3/t36?,39?,40?,41?,43?,44?,45-,49?,50?,51?/m1/s1. The molecule has 9 unspecified atom stereocenters. The summed E-state index contributed by atoms with van der Waals surface area (Å²) >= 11 is 0. The Morgan fingerprint density at radius 2 is 1.65 bits per heavy atom. The van der Waals surface area contributed by atoms with Gasteiger partial charge in [-0.25, -0.2) is 0 Å². The van der Waals surface area contributed by atoms with Crippen LogP contribution in [0.25, 0.3) is 0 Å². The first kappa shape index (κ1) is 43.6. The Kier molecular flexibility index (Phi) is 12.7. The number of ether oxygens (including phenoxy) is 2. The van der Waals surface area contributed by atoms with E-state index < -0.39 is 0 Å². The summed E-state index contributed by atoms with van der Waals surface area (Å²) in [5.74, 6) is 7.96. The van der Waals surface area contributed by atoms with Crippen LogP contribution in [0.3, 0.4) is 0 Å². The van der Waals surface area contributed by atoms with E-state index in [-0.39, 0.29) is 45.5 Å². The number of ketones is 1. The number of nitrogens with zero attached hydrogens (tertiary/aromatic N) is 2. The van der Waals surface area contributed by atoms with Crippen molar-refractivity contribution in [2.75, 3.05) is 33.7 Å². The zero-order valence-corrected chi connectivity index (χ0v) is 37.4. The Balaban J connectivity index is 1.30. The number of carbonyl (C=O) groups excluding carboxylic acids is 1. The highest BCUT2D eigenvalue weighted by atomic mass is 16.5. The van der Waals surface area contributed by atoms with Crippen LogP contribution in [0.5, 0.6) is 5.75 Å². The zero-order chi connectivity index (χ0) is 41.7. The van der Waals surface area contributed by atoms with Gasteiger partial charge in [0.1, 0.15) is 18.0 Å². The molecule has 10 atom stereocenters. The van der Waals surface area contributed by atoms with E-state index in [9.17, 15) is 9.90 Å². The van der Waals surface area contributed by atoms with Crippen LogP contribution in [0.15, 0.2) is 60.1 Å². The fourth-order valence-electron chi connectivity index (χ4n) is 13.6. The average molecular weight is 781 g/mol. The topological polar surface area (TPSA) is 62.2 Å². The smallest absolute Gasteiger partial charge is 0.160 e. The van der Waals surface area contributed by atoms with Gasteiger partial charge in [0.2, 0.25) is 0 Å². The van der Waals surface area contributed by atoms with Crippen molar-refractivity contribution in [3.05, 3.63) is 65.7 Å². The summed E-state index contributed by atoms with van der Waals surface area (Å²) in [7, 11) is 4.24. The highest BCUT2D eigenvalue weighted by Gasteiger charge is 2.66. The van der Waals surface area contributed by atoms with Crippen LogP contribution in [0, 0.1) is 69.5 Å². The molecule has 1 N–H and O–H groups in total. The van der Waals surface area contributed by atoms with Crippen molar-refractivity contribution in [1.82, 2.24) is 9.80 Å². The normalized spacial score (nSPS) is 34.3. The number of benzene rings is 1. The lowest BCUT2D eigenvalue weighted by molar-refractivity contribution is -0.184. The van der Waals surface area contributed by atoms with Crippen LogP contribution in [0.2, 0.25) is 0 Å². The zero-order valence-electron chi connectivity index (χ0n) is 37.4. The van der Waals surface area contributed by atoms with Gasteiger partial charge in [-0.05, 0) is 161 Å². The number of allylic oxidation sites excluding steroid dienone is 3. The minimum absolute atomic E-state index is 0.177. The minimum atomic E-state index is -0.341. The lowest BCUT2D eigenvalue weighted by Gasteiger charge is -2.67. The van der Waals surface area contributed by atoms with Gasteiger partial charge in [0, 0.05) is 49.9 Å². The number of phenols is 1. The van der Waals surface area contributed by atoms with Crippen LogP contribution < -0.4 is 0 Å². The van der Waals surface area contributed by atoms with E-state index in [1.54, 1.807) is 12.1 Å². The van der Waals surface area contributed by atoms with Gasteiger partial charge in [-0.15, -0.1) is 12.3 Å². The van der Waals surface area contributed by atoms with E-state index >= 15 is 0 Å². The molecule has 5 aliphatic rings. The Morgan fingerprint density at radius 1 is 1.00 bits per heavy atom. The Hall–Kier alpha value is -3.01. The van der Waals surface area contributed by atoms with E-state index in [1.807, 2.05) is 19.1 Å². The molecule has 1 aromatic rings. The van der Waals surface area contributed by atoms with Gasteiger partial charge in [0.05, 0.1) is 11.5 Å². The van der Waals surface area contributed by atoms with E-state index in [2.05, 4.69) is 91.4 Å². The number of rotatable bonds is 15. The molecule has 0 aliphatic heterocycles. The van der Waals surface area contributed by atoms with E-state index in [4.69, 9.17) is 15.9 Å². The molecule has 6 nitrogen and oxygen atoms in total. The van der Waals surface area contributed by atoms with Crippen LogP contribution in [0.4, 0.5) is 0 Å². The highest BCUT2D eigenvalue weighted by molar-refractivity contribution is 6.00. The molecule has 4 fully saturated rings. The Labute approximate surface area is 346 Å². The van der Waals surface area contributed by atoms with Crippen molar-refractivity contribution in [3.8, 4) is 18.1 Å². The Morgan fingerprint density at radius 3 is 2.28 bits per heavy atom. The second-order valence-corrected chi connectivity index (χ2v) is 21.1. The number of hydrogen-bond donors (Lipinski definition) is 1. The van der Waals surface area contributed by atoms with Gasteiger partial charge in [-0.2, -0.15) is 0 Å². The lowest BCUT2D eigenvalue weighted by atomic mass is 9.38. The van der Waals surface area contributed by atoms with Gasteiger partial charge < -0.3 is 19.5 Å². The molecule has 6 heteroatoms. The second kappa shape index (κ2) is 16.6. The number of Topliss-reactive ketones (excluding diaryl/α,β-unsaturated/α-hetero) is 1. The van der Waals surface area contributed by atoms with Gasteiger partial charge in [0.25, 0.3) is 0 Å². The molecule has 0 spiro atoms. The van der Waals surface area contributed by atoms with Crippen LogP contribution in [-0.2, 0) is 20.8 Å². The minimum Gasteiger partial charge on any atom is -0.508 e. The third-order valence-electron chi connectivity index (χ3n) is 16.1. The number of carbonyl (C=O) groups is 1. The summed E-state index contributed by atoms with van der Waals surface area (Å²) in [4.78, 5) is 19.2. The predicted molar refractivity (Wildman–Crippen MR) is 233 cm³/mol. The molecule has 0 radical (unpaired) electrons. The number of fused-ring (bicyclic) bond motifs is 7. The Bertz CT molecular complexity index is 1730. The molecule has 1 aromatic carbocycles. The van der Waals surface area contributed by atoms with Crippen LogP contribution in [0.1, 0.15) is 125 Å². The van der Waals surface area contributed by atoms with Gasteiger partial charge >= 0.3 is 0 Å². The molecule has 6 rings (SSSR count). The molecular weight excluding hydrogens is 705 g/mol. The van der Waals surface area contributed by atoms with Gasteiger partial charge in [-0.3, -0.25) is 9.69 Å². The first-order valence-electron chi connectivity index (χ1n) is 22.3. The number of hydrogen-bond acceptors (Lipinski definition) is 6. The monoisotopic (exact) mass is 781 g/mol. The largest absolute Gasteiger partial charge is 0.508 e. The maximum absolute atomic E-state index is 14.5. The summed E-state index contributed by atoms with van der Waals surface area (Å²) in [6.07, 6.45) is 16.3. The maximum atomic E-state index is 14.5. The van der Waals surface area contributed by atoms with Crippen molar-refractivity contribution in [2.45, 2.75) is 138 Å². The van der Waals surface area contributed by atoms with Crippen molar-refractivity contribution in [1.29, 1.82) is 0 Å². The molecule has 0 amide bonds. The number of likely N-dealkylation sites (N-methyl/N-ethyl adjacent to an activating group) is 1. The summed E-state index contributed by atoms with van der Waals surface area (Å²) in [6.45, 7) is 30.3. The maximum Gasteiger partial charge on any atom is 0.160 e. The van der Waals surface area contributed by atoms with Crippen LogP contribution >= 0.6 is 0 Å². The third-order valence-corrected chi connectivity index (χ3v) is 16.1. The van der Waals surface area contributed by atoms with Crippen molar-refractivity contribution >= 4 is 5.78 Å². The predicted octanol–water partition coefficient (Wildman–Crippen LogP) is 10.8. The van der Waals surface area contributed by atoms with Crippen molar-refractivity contribution < 1.29 is 19.4 Å². The molecule has 0 bridgehead atoms. The second-order valence-electron chi connectivity index (χ2n) is 21.1. The van der Waals surface area contributed by atoms with Gasteiger partial charge in [0.15, 0.2) is 5.78 Å². The summed E-state index contributed by atoms with van der Waals surface area (Å²) in [6, 6.07) is 7.59. The SMILES string of the molecule is C#CC(C)(C)CC(=C)OC1CCC2(C)C(CCC3(C)C4CCC5([C@@H](CN(CCN(C)C)Cc6ccc(O)cc6)OC(=C)C)CC(=O)C(C(C)C)=C5C4CCC32)C1C. The summed E-state index contributed by atoms with van der Waals surface area (Å²) in [5.41, 5.74) is 3.62.